The van der Waals surface area contributed by atoms with E-state index in [1.54, 1.807) is 38.1 Å². The van der Waals surface area contributed by atoms with Gasteiger partial charge in [-0.15, -0.1) is 37.3 Å². The standard InChI is InChI=1S/C43H35ClN10O14S6/c1-22-15-32(50-52-38-23(2)27(21-45)41-46-29-7-3-4-8-34(29)54(41)42(38)55)35(68-11-5-13-71(56,57)58)19-30(22)48-51-33-18-28(44)31(20-36(33)69-12-6-14-72(59,60)61)49-53-43-47-39-37(74(65,66)67)16-24-9-10-25(73(62,63)64)17-26(24)40(39)70-43/h3-4,7-10,15-20,55H,5-6,11-14H2,1-2H3,(H,56,57,58)(H,59,60,61)(H,62,63,64)(H,65,66,67). The molecule has 384 valence electrons. The lowest BCUT2D eigenvalue weighted by atomic mass is 10.1. The Bertz CT molecular complexity index is 4240. The van der Waals surface area contributed by atoms with Crippen molar-refractivity contribution >= 4 is 146 Å². The Labute approximate surface area is 433 Å². The molecule has 3 heterocycles. The summed E-state index contributed by atoms with van der Waals surface area (Å²) in [6.45, 7) is 2.98. The van der Waals surface area contributed by atoms with Gasteiger partial charge in [0.1, 0.15) is 44.9 Å². The number of fused-ring (bicyclic) bond motifs is 6. The Morgan fingerprint density at radius 1 is 0.770 bits per heavy atom. The fourth-order valence-corrected chi connectivity index (χ4v) is 11.8. The zero-order valence-electron chi connectivity index (χ0n) is 37.9. The number of nitriles is 1. The van der Waals surface area contributed by atoms with Crippen molar-refractivity contribution < 1.29 is 61.7 Å². The third kappa shape index (κ3) is 12.0. The number of imidazole rings is 1. The minimum absolute atomic E-state index is 0.00527. The topological polar surface area (TPSA) is 375 Å². The van der Waals surface area contributed by atoms with E-state index in [1.165, 1.54) is 34.7 Å². The van der Waals surface area contributed by atoms with Crippen LogP contribution in [0.4, 0.5) is 33.6 Å². The summed E-state index contributed by atoms with van der Waals surface area (Å²) in [5.41, 5.74) is 2.13. The Kier molecular flexibility index (Phi) is 15.2. The van der Waals surface area contributed by atoms with Crippen LogP contribution in [-0.2, 0) is 40.5 Å². The molecular weight excluding hydrogens is 1110 g/mol. The van der Waals surface area contributed by atoms with Gasteiger partial charge in [-0.2, -0.15) is 44.0 Å². The average Bonchev–Trinajstić information content (AvgIpc) is 3.93. The van der Waals surface area contributed by atoms with Gasteiger partial charge in [0.25, 0.3) is 40.5 Å². The number of aromatic nitrogens is 3. The second-order valence-corrected chi connectivity index (χ2v) is 24.4. The molecule has 5 N–H and O–H groups in total. The molecule has 8 aromatic rings. The van der Waals surface area contributed by atoms with Gasteiger partial charge < -0.3 is 9.84 Å². The van der Waals surface area contributed by atoms with Gasteiger partial charge >= 0.3 is 0 Å². The van der Waals surface area contributed by atoms with Crippen LogP contribution in [0.5, 0.6) is 11.6 Å². The molecule has 0 aliphatic carbocycles. The molecular formula is C43H35ClN10O14S6. The number of pyridine rings is 1. The van der Waals surface area contributed by atoms with Gasteiger partial charge in [0.05, 0.1) is 49.5 Å². The summed E-state index contributed by atoms with van der Waals surface area (Å²) in [6.07, 6.45) is -0.153. The zero-order chi connectivity index (χ0) is 53.5. The number of aryl methyl sites for hydroxylation is 1. The number of benzene rings is 5. The van der Waals surface area contributed by atoms with Crippen LogP contribution in [0.25, 0.3) is 37.7 Å². The first-order valence-corrected chi connectivity index (χ1v) is 29.3. The molecule has 3 aromatic heterocycles. The first kappa shape index (κ1) is 53.7. The Hall–Kier alpha value is -6.63. The molecule has 0 bridgehead atoms. The second kappa shape index (κ2) is 20.9. The van der Waals surface area contributed by atoms with E-state index in [2.05, 4.69) is 46.7 Å². The predicted molar refractivity (Wildman–Crippen MR) is 274 cm³/mol. The number of nitrogens with zero attached hydrogens (tertiary/aromatic N) is 10. The molecule has 0 radical (unpaired) electrons. The summed E-state index contributed by atoms with van der Waals surface area (Å²) in [5.74, 6) is -1.42. The Balaban J connectivity index is 1.17. The van der Waals surface area contributed by atoms with Crippen molar-refractivity contribution in [3.63, 3.8) is 0 Å². The highest BCUT2D eigenvalue weighted by Crippen LogP contribution is 2.45. The number of halogens is 1. The summed E-state index contributed by atoms with van der Waals surface area (Å²) in [4.78, 5) is 7.96. The minimum Gasteiger partial charge on any atom is -0.493 e. The number of rotatable bonds is 18. The molecule has 24 nitrogen and oxygen atoms in total. The highest BCUT2D eigenvalue weighted by atomic mass is 35.5. The SMILES string of the molecule is Cc1cc(N=Nc2c(C)c(C#N)c3nc4ccccc4n3c2O)c(OCCCS(=O)(=O)O)cc1N=Nc1cc(Cl)c(N=Nc2nc3c(S(=O)(=O)O)cc4ccc(S(=O)(=O)O)cc4c3s2)cc1SCCCS(=O)(=O)O. The van der Waals surface area contributed by atoms with E-state index in [-0.39, 0.29) is 113 Å². The van der Waals surface area contributed by atoms with Crippen molar-refractivity contribution in [2.75, 3.05) is 23.9 Å². The van der Waals surface area contributed by atoms with Crippen LogP contribution in [0, 0.1) is 25.2 Å². The summed E-state index contributed by atoms with van der Waals surface area (Å²) >= 11 is 8.56. The van der Waals surface area contributed by atoms with Crippen LogP contribution >= 0.6 is 34.7 Å². The molecule has 0 atom stereocenters. The lowest BCUT2D eigenvalue weighted by molar-refractivity contribution is 0.317. The van der Waals surface area contributed by atoms with Gasteiger partial charge in [0.15, 0.2) is 11.3 Å². The molecule has 0 amide bonds. The van der Waals surface area contributed by atoms with Crippen molar-refractivity contribution in [1.29, 1.82) is 5.26 Å². The van der Waals surface area contributed by atoms with Gasteiger partial charge in [-0.25, -0.2) is 9.97 Å². The molecule has 31 heteroatoms. The van der Waals surface area contributed by atoms with Gasteiger partial charge in [0.2, 0.25) is 11.0 Å². The lowest BCUT2D eigenvalue weighted by Gasteiger charge is -2.12. The van der Waals surface area contributed by atoms with E-state index in [9.17, 15) is 62.3 Å². The van der Waals surface area contributed by atoms with E-state index in [4.69, 9.17) is 16.3 Å². The van der Waals surface area contributed by atoms with Crippen LogP contribution in [-0.4, -0.2) is 95.2 Å². The Morgan fingerprint density at radius 3 is 2.16 bits per heavy atom. The fraction of sp³-hybridized carbons (Fsp3) is 0.186. The maximum Gasteiger partial charge on any atom is 0.296 e. The second-order valence-electron chi connectivity index (χ2n) is 15.9. The van der Waals surface area contributed by atoms with Gasteiger partial charge in [-0.3, -0.25) is 22.6 Å². The largest absolute Gasteiger partial charge is 0.493 e. The minimum atomic E-state index is -4.88. The number of aromatic hydroxyl groups is 1. The number of thioether (sulfide) groups is 1. The molecule has 0 aliphatic heterocycles. The molecule has 0 unspecified atom stereocenters. The van der Waals surface area contributed by atoms with Crippen LogP contribution in [0.2, 0.25) is 5.02 Å². The molecule has 5 aromatic carbocycles. The van der Waals surface area contributed by atoms with Crippen LogP contribution in [0.15, 0.2) is 118 Å². The molecule has 74 heavy (non-hydrogen) atoms. The molecule has 0 saturated heterocycles. The van der Waals surface area contributed by atoms with E-state index < -0.39 is 61.8 Å². The molecule has 0 aliphatic rings. The third-order valence-corrected chi connectivity index (χ3v) is 16.4. The maximum absolute atomic E-state index is 12.4. The number of ether oxygens (including phenoxy) is 1. The van der Waals surface area contributed by atoms with Crippen molar-refractivity contribution in [3.05, 3.63) is 94.5 Å². The van der Waals surface area contributed by atoms with E-state index >= 15 is 0 Å². The van der Waals surface area contributed by atoms with E-state index in [1.807, 2.05) is 0 Å². The average molecular weight is 1140 g/mol. The van der Waals surface area contributed by atoms with Crippen LogP contribution < -0.4 is 4.74 Å². The highest BCUT2D eigenvalue weighted by Gasteiger charge is 2.24. The normalized spacial score (nSPS) is 12.9. The van der Waals surface area contributed by atoms with Crippen molar-refractivity contribution in [1.82, 2.24) is 14.4 Å². The van der Waals surface area contributed by atoms with E-state index in [0.717, 1.165) is 41.3 Å². The van der Waals surface area contributed by atoms with Crippen molar-refractivity contribution in [3.8, 4) is 17.7 Å². The summed E-state index contributed by atoms with van der Waals surface area (Å²) < 4.78 is 140. The van der Waals surface area contributed by atoms with Crippen LogP contribution in [0.3, 0.4) is 0 Å². The number of thiazole rings is 1. The third-order valence-electron chi connectivity index (χ3n) is 10.7. The maximum atomic E-state index is 12.4. The van der Waals surface area contributed by atoms with Crippen molar-refractivity contribution in [2.24, 2.45) is 30.7 Å². The quantitative estimate of drug-likeness (QED) is 0.0231. The molecule has 0 fully saturated rings. The molecule has 8 rings (SSSR count). The Morgan fingerprint density at radius 2 is 1.46 bits per heavy atom. The lowest BCUT2D eigenvalue weighted by Crippen LogP contribution is -2.08. The first-order valence-electron chi connectivity index (χ1n) is 21.0. The smallest absolute Gasteiger partial charge is 0.296 e. The monoisotopic (exact) mass is 1140 g/mol. The summed E-state index contributed by atoms with van der Waals surface area (Å²) in [5, 5.41) is 47.6. The highest BCUT2D eigenvalue weighted by molar-refractivity contribution is 7.99. The van der Waals surface area contributed by atoms with Crippen LogP contribution in [0.1, 0.15) is 29.5 Å². The van der Waals surface area contributed by atoms with Gasteiger partial charge in [-0.05, 0) is 91.9 Å². The van der Waals surface area contributed by atoms with Crippen molar-refractivity contribution in [2.45, 2.75) is 41.4 Å². The first-order chi connectivity index (χ1) is 34.8. The van der Waals surface area contributed by atoms with E-state index in [0.29, 0.717) is 21.5 Å². The summed E-state index contributed by atoms with van der Waals surface area (Å²) in [7, 11) is -18.2. The predicted octanol–water partition coefficient (Wildman–Crippen LogP) is 10.9. The van der Waals surface area contributed by atoms with Gasteiger partial charge in [0, 0.05) is 21.9 Å². The number of hydrogen-bond acceptors (Lipinski definition) is 21. The number of para-hydroxylation sites is 2. The molecule has 0 spiro atoms. The summed E-state index contributed by atoms with van der Waals surface area (Å²) in [6, 6.07) is 19.2. The zero-order valence-corrected chi connectivity index (χ0v) is 43.5. The molecule has 0 saturated carbocycles. The number of hydrogen-bond donors (Lipinski definition) is 5. The van der Waals surface area contributed by atoms with Gasteiger partial charge in [-0.1, -0.05) is 41.1 Å². The number of azo groups is 3. The fourth-order valence-electron chi connectivity index (χ4n) is 7.27.